The van der Waals surface area contributed by atoms with Crippen LogP contribution in [0.3, 0.4) is 0 Å². The Bertz CT molecular complexity index is 889. The molecule has 5 rings (SSSR count). The summed E-state index contributed by atoms with van der Waals surface area (Å²) in [4.78, 5) is 29.4. The van der Waals surface area contributed by atoms with Crippen molar-refractivity contribution in [3.63, 3.8) is 0 Å². The molecule has 6 heteroatoms. The Morgan fingerprint density at radius 1 is 1.24 bits per heavy atom. The number of rotatable bonds is 3. The van der Waals surface area contributed by atoms with Crippen molar-refractivity contribution < 1.29 is 14.5 Å². The summed E-state index contributed by atoms with van der Waals surface area (Å²) in [5.41, 5.74) is 2.61. The van der Waals surface area contributed by atoms with Crippen LogP contribution in [-0.2, 0) is 11.2 Å². The number of quaternary nitrogens is 1. The fraction of sp³-hybridized carbons (Fsp3) is 0.368. The molecule has 0 spiro atoms. The van der Waals surface area contributed by atoms with Crippen molar-refractivity contribution in [1.29, 1.82) is 0 Å². The molecule has 1 aliphatic carbocycles. The van der Waals surface area contributed by atoms with Gasteiger partial charge in [-0.1, -0.05) is 11.6 Å². The first-order valence-corrected chi connectivity index (χ1v) is 9.96. The zero-order valence-electron chi connectivity index (χ0n) is 13.6. The largest absolute Gasteiger partial charge is 0.311 e. The van der Waals surface area contributed by atoms with Gasteiger partial charge in [0, 0.05) is 27.8 Å². The zero-order valence-corrected chi connectivity index (χ0v) is 15.2. The van der Waals surface area contributed by atoms with Crippen molar-refractivity contribution in [1.82, 2.24) is 0 Å². The molecule has 3 aliphatic rings. The lowest BCUT2D eigenvalue weighted by molar-refractivity contribution is -0.935. The van der Waals surface area contributed by atoms with Gasteiger partial charge in [-0.15, -0.1) is 11.3 Å². The lowest BCUT2D eigenvalue weighted by Crippen LogP contribution is -3.15. The predicted molar refractivity (Wildman–Crippen MR) is 97.5 cm³/mol. The Balaban J connectivity index is 1.48. The molecule has 0 bridgehead atoms. The zero-order chi connectivity index (χ0) is 17.1. The van der Waals surface area contributed by atoms with Crippen LogP contribution in [0.1, 0.15) is 39.7 Å². The number of carbonyl (C=O) groups excluding carboxylic acids is 2. The predicted octanol–water partition coefficient (Wildman–Crippen LogP) is 2.48. The maximum Gasteiger partial charge on any atom is 0.303 e. The smallest absolute Gasteiger partial charge is 0.303 e. The van der Waals surface area contributed by atoms with E-state index in [0.717, 1.165) is 13.0 Å². The second kappa shape index (κ2) is 5.66. The van der Waals surface area contributed by atoms with E-state index in [4.69, 9.17) is 11.6 Å². The SMILES string of the molecule is O=C1C(=O)N(C[NH+]2CCc3sccc3[C@H]2C2CC2)c2ccc(Cl)cc21. The van der Waals surface area contributed by atoms with E-state index in [-0.39, 0.29) is 0 Å². The average molecular weight is 374 g/mol. The third kappa shape index (κ3) is 2.45. The Kier molecular flexibility index (Phi) is 3.52. The molecule has 1 aromatic heterocycles. The number of anilines is 1. The molecule has 1 fully saturated rings. The summed E-state index contributed by atoms with van der Waals surface area (Å²) >= 11 is 7.85. The van der Waals surface area contributed by atoms with Gasteiger partial charge in [0.05, 0.1) is 17.8 Å². The number of nitrogens with one attached hydrogen (secondary N) is 1. The third-order valence-corrected chi connectivity index (χ3v) is 6.85. The van der Waals surface area contributed by atoms with Gasteiger partial charge in [-0.3, -0.25) is 14.5 Å². The van der Waals surface area contributed by atoms with Crippen molar-refractivity contribution in [3.05, 3.63) is 50.7 Å². The Hall–Kier alpha value is -1.69. The maximum absolute atomic E-state index is 12.6. The normalized spacial score (nSPS) is 25.2. The molecule has 1 unspecified atom stereocenters. The van der Waals surface area contributed by atoms with Crippen molar-refractivity contribution >= 4 is 40.3 Å². The van der Waals surface area contributed by atoms with Crippen LogP contribution in [0.25, 0.3) is 0 Å². The summed E-state index contributed by atoms with van der Waals surface area (Å²) in [7, 11) is 0. The van der Waals surface area contributed by atoms with E-state index in [1.165, 1.54) is 28.2 Å². The summed E-state index contributed by atoms with van der Waals surface area (Å²) in [5, 5.41) is 2.68. The van der Waals surface area contributed by atoms with Gasteiger partial charge in [-0.05, 0) is 42.5 Å². The number of amides is 1. The summed E-state index contributed by atoms with van der Waals surface area (Å²) in [6.45, 7) is 1.56. The van der Waals surface area contributed by atoms with Gasteiger partial charge in [0.2, 0.25) is 0 Å². The number of ketones is 1. The number of hydrogen-bond donors (Lipinski definition) is 1. The Labute approximate surface area is 155 Å². The van der Waals surface area contributed by atoms with E-state index in [9.17, 15) is 9.59 Å². The van der Waals surface area contributed by atoms with E-state index in [0.29, 0.717) is 34.9 Å². The first-order valence-electron chi connectivity index (χ1n) is 8.70. The van der Waals surface area contributed by atoms with Gasteiger partial charge < -0.3 is 4.90 Å². The number of carbonyl (C=O) groups is 2. The van der Waals surface area contributed by atoms with Crippen molar-refractivity contribution in [2.24, 2.45) is 5.92 Å². The lowest BCUT2D eigenvalue weighted by atomic mass is 9.96. The number of hydrogen-bond acceptors (Lipinski definition) is 3. The summed E-state index contributed by atoms with van der Waals surface area (Å²) in [5.74, 6) is -0.148. The van der Waals surface area contributed by atoms with Crippen LogP contribution in [0.15, 0.2) is 29.6 Å². The van der Waals surface area contributed by atoms with E-state index in [1.54, 1.807) is 23.1 Å². The molecule has 1 aromatic carbocycles. The topological polar surface area (TPSA) is 41.8 Å². The minimum atomic E-state index is -0.437. The Morgan fingerprint density at radius 2 is 2.08 bits per heavy atom. The second-order valence-corrected chi connectivity index (χ2v) is 8.59. The fourth-order valence-corrected chi connectivity index (χ4v) is 5.41. The van der Waals surface area contributed by atoms with Crippen LogP contribution in [0, 0.1) is 5.92 Å². The summed E-state index contributed by atoms with van der Waals surface area (Å²) in [6.07, 6.45) is 3.58. The molecule has 2 aromatic rings. The average Bonchev–Trinajstić information content (AvgIpc) is 3.29. The third-order valence-electron chi connectivity index (χ3n) is 5.62. The molecule has 1 N–H and O–H groups in total. The van der Waals surface area contributed by atoms with Gasteiger partial charge in [0.15, 0.2) is 6.67 Å². The number of benzene rings is 1. The molecule has 4 nitrogen and oxygen atoms in total. The minimum Gasteiger partial charge on any atom is -0.311 e. The van der Waals surface area contributed by atoms with Crippen LogP contribution < -0.4 is 9.80 Å². The molecule has 2 aliphatic heterocycles. The van der Waals surface area contributed by atoms with E-state index in [1.807, 2.05) is 11.3 Å². The van der Waals surface area contributed by atoms with E-state index < -0.39 is 11.7 Å². The molecular formula is C19H18ClN2O2S+. The van der Waals surface area contributed by atoms with Crippen LogP contribution in [0.4, 0.5) is 5.69 Å². The fourth-order valence-electron chi connectivity index (χ4n) is 4.31. The first-order chi connectivity index (χ1) is 12.1. The highest BCUT2D eigenvalue weighted by molar-refractivity contribution is 7.10. The van der Waals surface area contributed by atoms with Gasteiger partial charge in [-0.25, -0.2) is 0 Å². The summed E-state index contributed by atoms with van der Waals surface area (Å²) < 4.78 is 0. The number of thiophene rings is 1. The highest BCUT2D eigenvalue weighted by Gasteiger charge is 2.46. The highest BCUT2D eigenvalue weighted by Crippen LogP contribution is 2.42. The quantitative estimate of drug-likeness (QED) is 0.840. The number of nitrogens with zero attached hydrogens (tertiary/aromatic N) is 1. The van der Waals surface area contributed by atoms with E-state index >= 15 is 0 Å². The van der Waals surface area contributed by atoms with Gasteiger partial charge in [0.1, 0.15) is 6.04 Å². The van der Waals surface area contributed by atoms with Crippen molar-refractivity contribution in [2.45, 2.75) is 25.3 Å². The molecule has 128 valence electrons. The molecule has 2 atom stereocenters. The van der Waals surface area contributed by atoms with Crippen LogP contribution in [0.2, 0.25) is 5.02 Å². The Morgan fingerprint density at radius 3 is 2.88 bits per heavy atom. The summed E-state index contributed by atoms with van der Waals surface area (Å²) in [6, 6.07) is 7.87. The molecule has 1 saturated carbocycles. The standard InChI is InChI=1S/C19H17ClN2O2S/c20-12-3-4-15-14(9-12)18(23)19(24)22(15)10-21-7-5-16-13(6-8-25-16)17(21)11-1-2-11/h3-4,6,8-9,11,17H,1-2,5,7,10H2/p+1/t17-/m1/s1. The van der Waals surface area contributed by atoms with Crippen LogP contribution >= 0.6 is 22.9 Å². The van der Waals surface area contributed by atoms with Gasteiger partial charge >= 0.3 is 5.91 Å². The maximum atomic E-state index is 12.6. The van der Waals surface area contributed by atoms with Crippen LogP contribution in [0.5, 0.6) is 0 Å². The van der Waals surface area contributed by atoms with Crippen molar-refractivity contribution in [3.8, 4) is 0 Å². The molecule has 3 heterocycles. The molecule has 0 radical (unpaired) electrons. The lowest BCUT2D eigenvalue weighted by Gasteiger charge is -2.35. The van der Waals surface area contributed by atoms with Crippen molar-refractivity contribution in [2.75, 3.05) is 18.1 Å². The van der Waals surface area contributed by atoms with Crippen LogP contribution in [-0.4, -0.2) is 24.9 Å². The highest BCUT2D eigenvalue weighted by atomic mass is 35.5. The second-order valence-electron chi connectivity index (χ2n) is 7.15. The monoisotopic (exact) mass is 373 g/mol. The van der Waals surface area contributed by atoms with Gasteiger partial charge in [-0.2, -0.15) is 0 Å². The number of halogens is 1. The number of fused-ring (bicyclic) bond motifs is 2. The van der Waals surface area contributed by atoms with E-state index in [2.05, 4.69) is 11.4 Å². The molecular weight excluding hydrogens is 356 g/mol. The van der Waals surface area contributed by atoms with Gasteiger partial charge in [0.25, 0.3) is 5.78 Å². The first kappa shape index (κ1) is 15.6. The molecule has 0 saturated heterocycles. The molecule has 1 amide bonds. The number of Topliss-reactive ketones (excluding diaryl/α,β-unsaturated/α-hetero) is 1. The minimum absolute atomic E-state index is 0.421. The molecule has 25 heavy (non-hydrogen) atoms.